The molecule has 0 unspecified atom stereocenters. The third-order valence-corrected chi connectivity index (χ3v) is 4.06. The lowest BCUT2D eigenvalue weighted by molar-refractivity contribution is 0.594. The molecule has 1 rings (SSSR count). The monoisotopic (exact) mass is 324 g/mol. The molecule has 0 heterocycles. The Morgan fingerprint density at radius 3 is 2.71 bits per heavy atom. The molecule has 0 atom stereocenters. The zero-order chi connectivity index (χ0) is 12.9. The second-order valence-corrected chi connectivity index (χ2v) is 6.17. The van der Waals surface area contributed by atoms with E-state index in [1.807, 2.05) is 0 Å². The number of sulfonamides is 1. The van der Waals surface area contributed by atoms with Crippen LogP contribution in [0.5, 0.6) is 0 Å². The van der Waals surface area contributed by atoms with Crippen LogP contribution in [0.3, 0.4) is 0 Å². The van der Waals surface area contributed by atoms with Crippen molar-refractivity contribution in [1.82, 2.24) is 5.32 Å². The topological polar surface area (TPSA) is 58.2 Å². The zero-order valence-corrected chi connectivity index (χ0v) is 11.7. The molecule has 0 aliphatic carbocycles. The molecular weight excluding hydrogens is 311 g/mol. The van der Waals surface area contributed by atoms with Gasteiger partial charge in [-0.1, -0.05) is 6.07 Å². The minimum atomic E-state index is -3.51. The number of halogens is 2. The van der Waals surface area contributed by atoms with Crippen molar-refractivity contribution < 1.29 is 12.8 Å². The number of benzene rings is 1. The molecule has 0 aromatic heterocycles. The molecule has 1 aromatic rings. The van der Waals surface area contributed by atoms with Gasteiger partial charge in [-0.15, -0.1) is 0 Å². The molecule has 0 aliphatic heterocycles. The predicted octanol–water partition coefficient (Wildman–Crippen LogP) is 1.94. The maximum absolute atomic E-state index is 13.4. The molecule has 0 bridgehead atoms. The Morgan fingerprint density at radius 1 is 1.41 bits per heavy atom. The second-order valence-electron chi connectivity index (χ2n) is 3.47. The van der Waals surface area contributed by atoms with Crippen molar-refractivity contribution in [2.24, 2.45) is 0 Å². The molecule has 0 saturated carbocycles. The van der Waals surface area contributed by atoms with Crippen LogP contribution >= 0.6 is 15.9 Å². The molecule has 0 amide bonds. The highest BCUT2D eigenvalue weighted by Gasteiger charge is 2.14. The van der Waals surface area contributed by atoms with E-state index in [9.17, 15) is 12.8 Å². The smallest absolute Gasteiger partial charge is 0.232 e. The van der Waals surface area contributed by atoms with Gasteiger partial charge in [0.25, 0.3) is 0 Å². The summed E-state index contributed by atoms with van der Waals surface area (Å²) in [7, 11) is -1.77. The fraction of sp³-hybridized carbons (Fsp3) is 0.400. The van der Waals surface area contributed by atoms with E-state index in [1.165, 1.54) is 12.1 Å². The van der Waals surface area contributed by atoms with Gasteiger partial charge < -0.3 is 5.32 Å². The van der Waals surface area contributed by atoms with Gasteiger partial charge in [-0.2, -0.15) is 0 Å². The fourth-order valence-electron chi connectivity index (χ4n) is 1.24. The first-order chi connectivity index (χ1) is 7.96. The average Bonchev–Trinajstić information content (AvgIpc) is 2.24. The number of rotatable bonds is 6. The van der Waals surface area contributed by atoms with Gasteiger partial charge in [0.05, 0.1) is 11.4 Å². The van der Waals surface area contributed by atoms with Crippen LogP contribution in [-0.2, 0) is 10.0 Å². The summed E-state index contributed by atoms with van der Waals surface area (Å²) in [6.07, 6.45) is 0.470. The van der Waals surface area contributed by atoms with Crippen LogP contribution in [0.4, 0.5) is 10.1 Å². The number of nitrogens with one attached hydrogen (secondary N) is 2. The van der Waals surface area contributed by atoms with E-state index >= 15 is 0 Å². The summed E-state index contributed by atoms with van der Waals surface area (Å²) in [4.78, 5) is 0. The summed E-state index contributed by atoms with van der Waals surface area (Å²) in [5, 5.41) is 2.85. The lowest BCUT2D eigenvalue weighted by atomic mass is 10.3. The van der Waals surface area contributed by atoms with Crippen molar-refractivity contribution >= 4 is 31.6 Å². The lowest BCUT2D eigenvalue weighted by Gasteiger charge is -2.10. The largest absolute Gasteiger partial charge is 0.320 e. The Labute approximate surface area is 109 Å². The maximum Gasteiger partial charge on any atom is 0.232 e. The van der Waals surface area contributed by atoms with E-state index in [0.717, 1.165) is 0 Å². The standard InChI is InChI=1S/C10H14BrFN2O2S/c1-13-6-3-7-17(15,16)14-10-8(11)4-2-5-9(10)12/h2,4-5,13-14H,3,6-7H2,1H3. The van der Waals surface area contributed by atoms with Gasteiger partial charge in [0.2, 0.25) is 10.0 Å². The third-order valence-electron chi connectivity index (χ3n) is 2.06. The molecule has 4 nitrogen and oxygen atoms in total. The van der Waals surface area contributed by atoms with Crippen LogP contribution in [0, 0.1) is 5.82 Å². The van der Waals surface area contributed by atoms with E-state index in [2.05, 4.69) is 26.0 Å². The number of hydrogen-bond donors (Lipinski definition) is 2. The molecule has 17 heavy (non-hydrogen) atoms. The van der Waals surface area contributed by atoms with E-state index in [0.29, 0.717) is 17.4 Å². The van der Waals surface area contributed by atoms with Crippen LogP contribution in [0.15, 0.2) is 22.7 Å². The minimum Gasteiger partial charge on any atom is -0.320 e. The van der Waals surface area contributed by atoms with Crippen LogP contribution in [0.25, 0.3) is 0 Å². The predicted molar refractivity (Wildman–Crippen MR) is 70.1 cm³/mol. The van der Waals surface area contributed by atoms with Crippen LogP contribution in [0.2, 0.25) is 0 Å². The first kappa shape index (κ1) is 14.4. The fourth-order valence-corrected chi connectivity index (χ4v) is 2.96. The van der Waals surface area contributed by atoms with Gasteiger partial charge in [0.1, 0.15) is 5.82 Å². The highest BCUT2D eigenvalue weighted by molar-refractivity contribution is 9.10. The summed E-state index contributed by atoms with van der Waals surface area (Å²) in [5.41, 5.74) is -0.0445. The number of anilines is 1. The van der Waals surface area contributed by atoms with E-state index in [-0.39, 0.29) is 11.4 Å². The molecule has 0 spiro atoms. The SMILES string of the molecule is CNCCCS(=O)(=O)Nc1c(F)cccc1Br. The number of para-hydroxylation sites is 1. The Bertz CT molecular complexity index is 459. The van der Waals surface area contributed by atoms with Gasteiger partial charge in [0.15, 0.2) is 0 Å². The van der Waals surface area contributed by atoms with Crippen molar-refractivity contribution in [3.63, 3.8) is 0 Å². The van der Waals surface area contributed by atoms with Crippen molar-refractivity contribution in [2.75, 3.05) is 24.1 Å². The molecule has 7 heteroatoms. The summed E-state index contributed by atoms with van der Waals surface area (Å²) in [5.74, 6) is -0.647. The Hall–Kier alpha value is -0.660. The molecule has 96 valence electrons. The lowest BCUT2D eigenvalue weighted by Crippen LogP contribution is -2.21. The van der Waals surface area contributed by atoms with Crippen LogP contribution < -0.4 is 10.0 Å². The number of hydrogen-bond acceptors (Lipinski definition) is 3. The second kappa shape index (κ2) is 6.32. The molecule has 0 aliphatic rings. The third kappa shape index (κ3) is 4.61. The van der Waals surface area contributed by atoms with E-state index < -0.39 is 15.8 Å². The Balaban J connectivity index is 2.76. The van der Waals surface area contributed by atoms with Crippen LogP contribution in [-0.4, -0.2) is 27.8 Å². The van der Waals surface area contributed by atoms with Gasteiger partial charge >= 0.3 is 0 Å². The molecule has 0 radical (unpaired) electrons. The van der Waals surface area contributed by atoms with Gasteiger partial charge in [-0.05, 0) is 48.1 Å². The summed E-state index contributed by atoms with van der Waals surface area (Å²) < 4.78 is 39.3. The van der Waals surface area contributed by atoms with Gasteiger partial charge in [0, 0.05) is 4.47 Å². The summed E-state index contributed by atoms with van der Waals surface area (Å²) in [6, 6.07) is 4.28. The molecule has 0 saturated heterocycles. The Morgan fingerprint density at radius 2 is 2.12 bits per heavy atom. The quantitative estimate of drug-likeness (QED) is 0.786. The first-order valence-electron chi connectivity index (χ1n) is 5.05. The normalized spacial score (nSPS) is 11.5. The molecule has 1 aromatic carbocycles. The van der Waals surface area contributed by atoms with Crippen molar-refractivity contribution in [3.8, 4) is 0 Å². The first-order valence-corrected chi connectivity index (χ1v) is 7.50. The maximum atomic E-state index is 13.4. The highest BCUT2D eigenvalue weighted by atomic mass is 79.9. The zero-order valence-electron chi connectivity index (χ0n) is 9.33. The Kier molecular flexibility index (Phi) is 5.35. The summed E-state index contributed by atoms with van der Waals surface area (Å²) >= 11 is 3.10. The van der Waals surface area contributed by atoms with Crippen molar-refractivity contribution in [3.05, 3.63) is 28.5 Å². The highest BCUT2D eigenvalue weighted by Crippen LogP contribution is 2.26. The minimum absolute atomic E-state index is 0.0445. The average molecular weight is 325 g/mol. The van der Waals surface area contributed by atoms with Gasteiger partial charge in [-0.25, -0.2) is 12.8 Å². The summed E-state index contributed by atoms with van der Waals surface area (Å²) in [6.45, 7) is 0.597. The van der Waals surface area contributed by atoms with E-state index in [1.54, 1.807) is 13.1 Å². The van der Waals surface area contributed by atoms with Crippen molar-refractivity contribution in [1.29, 1.82) is 0 Å². The van der Waals surface area contributed by atoms with E-state index in [4.69, 9.17) is 0 Å². The van der Waals surface area contributed by atoms with Gasteiger partial charge in [-0.3, -0.25) is 4.72 Å². The molecule has 2 N–H and O–H groups in total. The molecule has 0 fully saturated rings. The van der Waals surface area contributed by atoms with Crippen LogP contribution in [0.1, 0.15) is 6.42 Å². The molecular formula is C10H14BrFN2O2S. The van der Waals surface area contributed by atoms with Crippen molar-refractivity contribution in [2.45, 2.75) is 6.42 Å².